The molecular formula is C6H13NO2. The van der Waals surface area contributed by atoms with E-state index in [4.69, 9.17) is 15.2 Å². The Morgan fingerprint density at radius 1 is 1.22 bits per heavy atom. The molecule has 3 nitrogen and oxygen atoms in total. The average molecular weight is 131 g/mol. The molecule has 0 radical (unpaired) electrons. The highest BCUT2D eigenvalue weighted by atomic mass is 16.7. The van der Waals surface area contributed by atoms with E-state index in [1.807, 2.05) is 0 Å². The molecule has 1 aliphatic heterocycles. The Labute approximate surface area is 55.1 Å². The molecule has 2 N–H and O–H groups in total. The molecular weight excluding hydrogens is 118 g/mol. The molecule has 0 aromatic carbocycles. The number of hydrogen-bond acceptors (Lipinski definition) is 3. The van der Waals surface area contributed by atoms with E-state index in [-0.39, 0.29) is 0 Å². The summed E-state index contributed by atoms with van der Waals surface area (Å²) in [6.45, 7) is 3.16. The first-order chi connectivity index (χ1) is 4.21. The summed E-state index contributed by atoms with van der Waals surface area (Å²) in [4.78, 5) is 0. The van der Waals surface area contributed by atoms with Crippen molar-refractivity contribution in [2.45, 2.75) is 25.7 Å². The van der Waals surface area contributed by atoms with E-state index in [0.717, 1.165) is 12.8 Å². The fourth-order valence-corrected chi connectivity index (χ4v) is 0.795. The Bertz CT molecular complexity index is 83.1. The fraction of sp³-hybridized carbons (Fsp3) is 1.00. The van der Waals surface area contributed by atoms with Crippen LogP contribution < -0.4 is 5.73 Å². The third-order valence-corrected chi connectivity index (χ3v) is 1.32. The van der Waals surface area contributed by atoms with Crippen LogP contribution in [0.15, 0.2) is 0 Å². The second kappa shape index (κ2) is 2.64. The van der Waals surface area contributed by atoms with Gasteiger partial charge in [-0.25, -0.2) is 0 Å². The molecule has 0 spiro atoms. The smallest absolute Gasteiger partial charge is 0.221 e. The molecule has 1 saturated heterocycles. The van der Waals surface area contributed by atoms with Crippen LogP contribution in [-0.2, 0) is 9.47 Å². The first kappa shape index (κ1) is 6.99. The van der Waals surface area contributed by atoms with Gasteiger partial charge < -0.3 is 9.47 Å². The minimum Gasteiger partial charge on any atom is -0.338 e. The van der Waals surface area contributed by atoms with Crippen molar-refractivity contribution in [1.29, 1.82) is 0 Å². The van der Waals surface area contributed by atoms with Gasteiger partial charge >= 0.3 is 0 Å². The maximum absolute atomic E-state index is 5.53. The Morgan fingerprint density at radius 3 is 2.11 bits per heavy atom. The van der Waals surface area contributed by atoms with Gasteiger partial charge in [0.15, 0.2) is 0 Å². The van der Waals surface area contributed by atoms with Gasteiger partial charge in [0.2, 0.25) is 5.91 Å². The van der Waals surface area contributed by atoms with Gasteiger partial charge in [-0.2, -0.15) is 0 Å². The molecule has 0 saturated carbocycles. The molecule has 1 rings (SSSR count). The number of rotatable bonds is 0. The Morgan fingerprint density at radius 2 is 1.67 bits per heavy atom. The summed E-state index contributed by atoms with van der Waals surface area (Å²) < 4.78 is 10.3. The zero-order valence-electron chi connectivity index (χ0n) is 5.72. The molecule has 1 heterocycles. The van der Waals surface area contributed by atoms with Gasteiger partial charge in [0, 0.05) is 6.92 Å². The lowest BCUT2D eigenvalue weighted by Crippen LogP contribution is -2.41. The predicted molar refractivity (Wildman–Crippen MR) is 33.7 cm³/mol. The standard InChI is InChI=1S/C6H13NO2/c1-6(7)8-4-2-3-5-9-6/h2-5,7H2,1H3. The van der Waals surface area contributed by atoms with Gasteiger partial charge in [0.05, 0.1) is 13.2 Å². The third kappa shape index (κ3) is 2.30. The highest BCUT2D eigenvalue weighted by Crippen LogP contribution is 2.10. The van der Waals surface area contributed by atoms with Gasteiger partial charge in [-0.15, -0.1) is 0 Å². The molecule has 0 amide bonds. The normalized spacial score (nSPS) is 27.3. The molecule has 0 aromatic rings. The molecule has 54 valence electrons. The van der Waals surface area contributed by atoms with E-state index >= 15 is 0 Å². The number of nitrogens with two attached hydrogens (primary N) is 1. The fourth-order valence-electron chi connectivity index (χ4n) is 0.795. The minimum atomic E-state index is -0.837. The van der Waals surface area contributed by atoms with Crippen molar-refractivity contribution in [2.24, 2.45) is 5.73 Å². The van der Waals surface area contributed by atoms with Crippen molar-refractivity contribution in [1.82, 2.24) is 0 Å². The van der Waals surface area contributed by atoms with E-state index in [1.165, 1.54) is 0 Å². The molecule has 0 unspecified atom stereocenters. The van der Waals surface area contributed by atoms with Gasteiger partial charge in [-0.1, -0.05) is 0 Å². The van der Waals surface area contributed by atoms with E-state index in [2.05, 4.69) is 0 Å². The summed E-state index contributed by atoms with van der Waals surface area (Å²) in [5.41, 5.74) is 5.53. The van der Waals surface area contributed by atoms with E-state index in [9.17, 15) is 0 Å². The van der Waals surface area contributed by atoms with Crippen LogP contribution in [-0.4, -0.2) is 19.1 Å². The van der Waals surface area contributed by atoms with E-state index < -0.39 is 5.91 Å². The molecule has 0 aliphatic carbocycles. The molecule has 1 aliphatic rings. The lowest BCUT2D eigenvalue weighted by atomic mass is 10.3. The van der Waals surface area contributed by atoms with Crippen LogP contribution in [0.5, 0.6) is 0 Å². The van der Waals surface area contributed by atoms with Gasteiger partial charge in [0.1, 0.15) is 0 Å². The quantitative estimate of drug-likeness (QED) is 0.519. The Balaban J connectivity index is 2.36. The van der Waals surface area contributed by atoms with Crippen LogP contribution in [0.3, 0.4) is 0 Å². The van der Waals surface area contributed by atoms with Crippen LogP contribution in [0.25, 0.3) is 0 Å². The van der Waals surface area contributed by atoms with Crippen molar-refractivity contribution in [3.63, 3.8) is 0 Å². The van der Waals surface area contributed by atoms with Crippen molar-refractivity contribution in [3.05, 3.63) is 0 Å². The highest BCUT2D eigenvalue weighted by molar-refractivity contribution is 4.55. The average Bonchev–Trinajstić information content (AvgIpc) is 1.92. The zero-order valence-corrected chi connectivity index (χ0v) is 5.72. The molecule has 9 heavy (non-hydrogen) atoms. The molecule has 1 fully saturated rings. The monoisotopic (exact) mass is 131 g/mol. The number of ether oxygens (including phenoxy) is 2. The van der Waals surface area contributed by atoms with Crippen LogP contribution in [0.4, 0.5) is 0 Å². The SMILES string of the molecule is CC1(N)OCCCCO1. The Kier molecular flexibility index (Phi) is 2.05. The van der Waals surface area contributed by atoms with Crippen molar-refractivity contribution < 1.29 is 9.47 Å². The topological polar surface area (TPSA) is 44.5 Å². The summed E-state index contributed by atoms with van der Waals surface area (Å²) in [5.74, 6) is -0.837. The van der Waals surface area contributed by atoms with Gasteiger partial charge in [0.25, 0.3) is 0 Å². The largest absolute Gasteiger partial charge is 0.338 e. The minimum absolute atomic E-state index is 0.715. The van der Waals surface area contributed by atoms with Crippen molar-refractivity contribution >= 4 is 0 Å². The molecule has 3 heteroatoms. The van der Waals surface area contributed by atoms with Crippen LogP contribution in [0, 0.1) is 0 Å². The molecule has 0 atom stereocenters. The summed E-state index contributed by atoms with van der Waals surface area (Å²) in [6.07, 6.45) is 2.10. The first-order valence-corrected chi connectivity index (χ1v) is 3.27. The van der Waals surface area contributed by atoms with Crippen molar-refractivity contribution in [2.75, 3.05) is 13.2 Å². The summed E-state index contributed by atoms with van der Waals surface area (Å²) in [6, 6.07) is 0. The predicted octanol–water partition coefficient (Wildman–Crippen LogP) is 0.446. The highest BCUT2D eigenvalue weighted by Gasteiger charge is 2.20. The van der Waals surface area contributed by atoms with Gasteiger partial charge in [-0.3, -0.25) is 5.73 Å². The Hall–Kier alpha value is -0.120. The van der Waals surface area contributed by atoms with Crippen LogP contribution in [0.2, 0.25) is 0 Å². The summed E-state index contributed by atoms with van der Waals surface area (Å²) in [7, 11) is 0. The number of hydrogen-bond donors (Lipinski definition) is 1. The third-order valence-electron chi connectivity index (χ3n) is 1.32. The lowest BCUT2D eigenvalue weighted by Gasteiger charge is -2.21. The second-order valence-electron chi connectivity index (χ2n) is 2.42. The summed E-state index contributed by atoms with van der Waals surface area (Å²) in [5, 5.41) is 0. The van der Waals surface area contributed by atoms with E-state index in [0.29, 0.717) is 13.2 Å². The van der Waals surface area contributed by atoms with Crippen LogP contribution in [0.1, 0.15) is 19.8 Å². The van der Waals surface area contributed by atoms with Gasteiger partial charge in [-0.05, 0) is 12.8 Å². The van der Waals surface area contributed by atoms with Crippen molar-refractivity contribution in [3.8, 4) is 0 Å². The molecule has 0 bridgehead atoms. The first-order valence-electron chi connectivity index (χ1n) is 3.27. The summed E-state index contributed by atoms with van der Waals surface area (Å²) >= 11 is 0. The maximum atomic E-state index is 5.53. The van der Waals surface area contributed by atoms with E-state index in [1.54, 1.807) is 6.92 Å². The lowest BCUT2D eigenvalue weighted by molar-refractivity contribution is -0.208. The zero-order chi connectivity index (χ0) is 6.74. The molecule has 0 aromatic heterocycles. The maximum Gasteiger partial charge on any atom is 0.221 e. The van der Waals surface area contributed by atoms with Crippen LogP contribution >= 0.6 is 0 Å². The second-order valence-corrected chi connectivity index (χ2v) is 2.42.